The quantitative estimate of drug-likeness (QED) is 0.654. The number of nitrogens with one attached hydrogen (secondary N) is 2. The highest BCUT2D eigenvalue weighted by molar-refractivity contribution is 7.80. The number of ether oxygens (including phenoxy) is 1. The topological polar surface area (TPSA) is 33.3 Å². The lowest BCUT2D eigenvalue weighted by atomic mass is 10.2. The van der Waals surface area contributed by atoms with Crippen molar-refractivity contribution in [3.63, 3.8) is 0 Å². The maximum absolute atomic E-state index is 12.9. The molecule has 140 valence electrons. The first-order chi connectivity index (χ1) is 12.2. The Bertz CT molecular complexity index is 783. The number of alkyl halides is 3. The first kappa shape index (κ1) is 20.3. The number of para-hydroxylation sites is 1. The van der Waals surface area contributed by atoms with Gasteiger partial charge >= 0.3 is 6.18 Å². The fourth-order valence-corrected chi connectivity index (χ4v) is 2.73. The number of hydrogen-bond donors (Lipinski definition) is 2. The molecular formula is C18H18ClF3N2OS. The molecule has 0 heterocycles. The summed E-state index contributed by atoms with van der Waals surface area (Å²) in [6.07, 6.45) is -4.53. The molecule has 0 saturated heterocycles. The minimum Gasteiger partial charge on any atom is -0.491 e. The van der Waals surface area contributed by atoms with Gasteiger partial charge in [0.15, 0.2) is 5.11 Å². The third-order valence-electron chi connectivity index (χ3n) is 3.49. The van der Waals surface area contributed by atoms with Gasteiger partial charge < -0.3 is 15.4 Å². The molecule has 0 amide bonds. The van der Waals surface area contributed by atoms with Crippen LogP contribution < -0.4 is 15.4 Å². The second-order valence-electron chi connectivity index (χ2n) is 5.77. The molecule has 26 heavy (non-hydrogen) atoms. The molecule has 0 aromatic heterocycles. The zero-order valence-corrected chi connectivity index (χ0v) is 15.7. The standard InChI is InChI=1S/C18H18ClF3N2OS/c1-11-5-3-4-6-16(11)25-10-12(2)23-17(26)24-13-7-8-15(19)14(9-13)18(20,21)22/h3-9,12H,10H2,1-2H3,(H2,23,24,26). The van der Waals surface area contributed by atoms with Crippen LogP contribution in [0.5, 0.6) is 5.75 Å². The third kappa shape index (κ3) is 5.78. The Hall–Kier alpha value is -1.99. The monoisotopic (exact) mass is 402 g/mol. The number of halogens is 4. The van der Waals surface area contributed by atoms with Crippen LogP contribution in [0, 0.1) is 6.92 Å². The van der Waals surface area contributed by atoms with E-state index in [-0.39, 0.29) is 21.9 Å². The lowest BCUT2D eigenvalue weighted by molar-refractivity contribution is -0.137. The van der Waals surface area contributed by atoms with Crippen molar-refractivity contribution in [2.24, 2.45) is 0 Å². The summed E-state index contributed by atoms with van der Waals surface area (Å²) < 4.78 is 44.4. The summed E-state index contributed by atoms with van der Waals surface area (Å²) in [4.78, 5) is 0. The predicted molar refractivity (Wildman–Crippen MR) is 102 cm³/mol. The molecule has 0 radical (unpaired) electrons. The van der Waals surface area contributed by atoms with E-state index in [0.29, 0.717) is 6.61 Å². The summed E-state index contributed by atoms with van der Waals surface area (Å²) in [5.74, 6) is 0.771. The molecular weight excluding hydrogens is 385 g/mol. The largest absolute Gasteiger partial charge is 0.491 e. The van der Waals surface area contributed by atoms with E-state index >= 15 is 0 Å². The number of rotatable bonds is 5. The first-order valence-electron chi connectivity index (χ1n) is 7.79. The fraction of sp³-hybridized carbons (Fsp3) is 0.278. The van der Waals surface area contributed by atoms with Crippen LogP contribution in [0.15, 0.2) is 42.5 Å². The van der Waals surface area contributed by atoms with Crippen molar-refractivity contribution in [2.75, 3.05) is 11.9 Å². The van der Waals surface area contributed by atoms with Crippen LogP contribution in [0.2, 0.25) is 5.02 Å². The second-order valence-corrected chi connectivity index (χ2v) is 6.58. The van der Waals surface area contributed by atoms with E-state index in [9.17, 15) is 13.2 Å². The van der Waals surface area contributed by atoms with Gasteiger partial charge in [-0.15, -0.1) is 0 Å². The predicted octanol–water partition coefficient (Wildman–Crippen LogP) is 5.42. The van der Waals surface area contributed by atoms with Gasteiger partial charge in [0.1, 0.15) is 12.4 Å². The van der Waals surface area contributed by atoms with Crippen LogP contribution in [0.25, 0.3) is 0 Å². The van der Waals surface area contributed by atoms with Crippen molar-refractivity contribution in [1.82, 2.24) is 5.32 Å². The van der Waals surface area contributed by atoms with Crippen molar-refractivity contribution in [3.8, 4) is 5.75 Å². The third-order valence-corrected chi connectivity index (χ3v) is 4.04. The van der Waals surface area contributed by atoms with Crippen LogP contribution in [0.1, 0.15) is 18.1 Å². The Morgan fingerprint density at radius 3 is 2.58 bits per heavy atom. The van der Waals surface area contributed by atoms with E-state index in [0.717, 1.165) is 17.4 Å². The van der Waals surface area contributed by atoms with Gasteiger partial charge in [-0.25, -0.2) is 0 Å². The van der Waals surface area contributed by atoms with E-state index in [4.69, 9.17) is 28.6 Å². The number of aryl methyl sites for hydroxylation is 1. The summed E-state index contributed by atoms with van der Waals surface area (Å²) in [5, 5.41) is 5.54. The second kappa shape index (κ2) is 8.60. The Balaban J connectivity index is 1.91. The molecule has 2 aromatic rings. The lowest BCUT2D eigenvalue weighted by Crippen LogP contribution is -2.39. The average Bonchev–Trinajstić information content (AvgIpc) is 2.54. The number of benzene rings is 2. The average molecular weight is 403 g/mol. The van der Waals surface area contributed by atoms with Crippen molar-refractivity contribution >= 4 is 34.6 Å². The number of anilines is 1. The van der Waals surface area contributed by atoms with E-state index in [2.05, 4.69) is 10.6 Å². The molecule has 0 aliphatic rings. The fourth-order valence-electron chi connectivity index (χ4n) is 2.19. The van der Waals surface area contributed by atoms with Crippen molar-refractivity contribution < 1.29 is 17.9 Å². The zero-order chi connectivity index (χ0) is 19.3. The molecule has 1 unspecified atom stereocenters. The van der Waals surface area contributed by atoms with Gasteiger partial charge in [-0.2, -0.15) is 13.2 Å². The van der Waals surface area contributed by atoms with Crippen molar-refractivity contribution in [3.05, 3.63) is 58.6 Å². The minimum absolute atomic E-state index is 0.149. The molecule has 1 atom stereocenters. The molecule has 0 aliphatic carbocycles. The van der Waals surface area contributed by atoms with E-state index in [1.54, 1.807) is 0 Å². The van der Waals surface area contributed by atoms with Gasteiger partial charge in [0.05, 0.1) is 16.6 Å². The van der Waals surface area contributed by atoms with Crippen LogP contribution in [0.4, 0.5) is 18.9 Å². The van der Waals surface area contributed by atoms with Crippen LogP contribution in [-0.2, 0) is 6.18 Å². The maximum atomic E-state index is 12.9. The highest BCUT2D eigenvalue weighted by Gasteiger charge is 2.33. The van der Waals surface area contributed by atoms with Crippen LogP contribution in [-0.4, -0.2) is 17.8 Å². The number of hydrogen-bond acceptors (Lipinski definition) is 2. The molecule has 0 aliphatic heterocycles. The van der Waals surface area contributed by atoms with Gasteiger partial charge in [0.2, 0.25) is 0 Å². The van der Waals surface area contributed by atoms with Crippen LogP contribution >= 0.6 is 23.8 Å². The summed E-state index contributed by atoms with van der Waals surface area (Å²) in [6, 6.07) is 11.0. The molecule has 0 fully saturated rings. The first-order valence-corrected chi connectivity index (χ1v) is 8.58. The Morgan fingerprint density at radius 1 is 1.23 bits per heavy atom. The van der Waals surface area contributed by atoms with Crippen LogP contribution in [0.3, 0.4) is 0 Å². The highest BCUT2D eigenvalue weighted by atomic mass is 35.5. The molecule has 0 saturated carbocycles. The minimum atomic E-state index is -4.53. The van der Waals surface area contributed by atoms with Gasteiger partial charge in [0, 0.05) is 5.69 Å². The summed E-state index contributed by atoms with van der Waals surface area (Å²) in [6.45, 7) is 4.15. The normalized spacial score (nSPS) is 12.4. The number of thiocarbonyl (C=S) groups is 1. The van der Waals surface area contributed by atoms with Gasteiger partial charge in [-0.05, 0) is 55.9 Å². The molecule has 2 N–H and O–H groups in total. The van der Waals surface area contributed by atoms with E-state index in [1.807, 2.05) is 38.1 Å². The molecule has 0 bridgehead atoms. The smallest absolute Gasteiger partial charge is 0.417 e. The molecule has 8 heteroatoms. The molecule has 2 aromatic carbocycles. The SMILES string of the molecule is Cc1ccccc1OCC(C)NC(=S)Nc1ccc(Cl)c(C(F)(F)F)c1. The van der Waals surface area contributed by atoms with Crippen molar-refractivity contribution in [1.29, 1.82) is 0 Å². The maximum Gasteiger partial charge on any atom is 0.417 e. The Kier molecular flexibility index (Phi) is 6.72. The lowest BCUT2D eigenvalue weighted by Gasteiger charge is -2.19. The Morgan fingerprint density at radius 2 is 1.92 bits per heavy atom. The summed E-state index contributed by atoms with van der Waals surface area (Å²) in [7, 11) is 0. The molecule has 0 spiro atoms. The summed E-state index contributed by atoms with van der Waals surface area (Å²) >= 11 is 10.7. The highest BCUT2D eigenvalue weighted by Crippen LogP contribution is 2.36. The molecule has 3 nitrogen and oxygen atoms in total. The van der Waals surface area contributed by atoms with E-state index in [1.165, 1.54) is 12.1 Å². The van der Waals surface area contributed by atoms with Gasteiger partial charge in [-0.1, -0.05) is 29.8 Å². The Labute approximate surface area is 160 Å². The van der Waals surface area contributed by atoms with Gasteiger partial charge in [0.25, 0.3) is 0 Å². The summed E-state index contributed by atoms with van der Waals surface area (Å²) in [5.41, 5.74) is 0.301. The zero-order valence-electron chi connectivity index (χ0n) is 14.2. The van der Waals surface area contributed by atoms with E-state index < -0.39 is 11.7 Å². The molecule has 2 rings (SSSR count). The van der Waals surface area contributed by atoms with Crippen molar-refractivity contribution in [2.45, 2.75) is 26.1 Å². The van der Waals surface area contributed by atoms with Gasteiger partial charge in [-0.3, -0.25) is 0 Å².